The number of aliphatic hydroxyl groups is 1. The van der Waals surface area contributed by atoms with E-state index in [-0.39, 0.29) is 11.5 Å². The van der Waals surface area contributed by atoms with Crippen LogP contribution in [0.15, 0.2) is 23.1 Å². The van der Waals surface area contributed by atoms with Crippen LogP contribution >= 0.6 is 11.8 Å². The number of hydrogen-bond acceptors (Lipinski definition) is 4. The van der Waals surface area contributed by atoms with Gasteiger partial charge < -0.3 is 5.11 Å². The molecule has 1 aromatic rings. The predicted molar refractivity (Wildman–Crippen MR) is 89.1 cm³/mol. The molecule has 0 aliphatic heterocycles. The number of rotatable bonds is 10. The number of thioether (sulfide) groups is 1. The van der Waals surface area contributed by atoms with Gasteiger partial charge in [0.1, 0.15) is 0 Å². The second kappa shape index (κ2) is 9.46. The first-order chi connectivity index (χ1) is 10.0. The van der Waals surface area contributed by atoms with Gasteiger partial charge in [0.15, 0.2) is 0 Å². The summed E-state index contributed by atoms with van der Waals surface area (Å²) in [6.45, 7) is 2.07. The number of hydrogen-bond donors (Lipinski definition) is 2. The lowest BCUT2D eigenvalue weighted by atomic mass is 10.2. The van der Waals surface area contributed by atoms with Gasteiger partial charge in [0, 0.05) is 6.54 Å². The van der Waals surface area contributed by atoms with E-state index in [1.807, 2.05) is 11.8 Å². The Morgan fingerprint density at radius 3 is 2.57 bits per heavy atom. The summed E-state index contributed by atoms with van der Waals surface area (Å²) in [5.41, 5.74) is 1.30. The van der Waals surface area contributed by atoms with Crippen molar-refractivity contribution in [3.05, 3.63) is 29.3 Å². The summed E-state index contributed by atoms with van der Waals surface area (Å²) in [6, 6.07) is 5.00. The van der Waals surface area contributed by atoms with Crippen LogP contribution in [0.4, 0.5) is 0 Å². The van der Waals surface area contributed by atoms with Gasteiger partial charge in [-0.2, -0.15) is 11.8 Å². The van der Waals surface area contributed by atoms with Crippen LogP contribution in [0, 0.1) is 6.92 Å². The minimum absolute atomic E-state index is 0.155. The van der Waals surface area contributed by atoms with E-state index in [1.54, 1.807) is 19.1 Å². The van der Waals surface area contributed by atoms with Crippen molar-refractivity contribution >= 4 is 21.8 Å². The Morgan fingerprint density at radius 1 is 1.19 bits per heavy atom. The predicted octanol–water partition coefficient (Wildman–Crippen LogP) is 2.69. The number of aryl methyl sites for hydroxylation is 1. The smallest absolute Gasteiger partial charge is 0.240 e. The fourth-order valence-corrected chi connectivity index (χ4v) is 3.90. The number of sulfonamides is 1. The molecule has 6 heteroatoms. The highest BCUT2D eigenvalue weighted by Gasteiger charge is 2.16. The normalized spacial score (nSPS) is 11.8. The van der Waals surface area contributed by atoms with Crippen molar-refractivity contribution in [1.82, 2.24) is 4.72 Å². The Hall–Kier alpha value is -0.560. The summed E-state index contributed by atoms with van der Waals surface area (Å²) >= 11 is 1.84. The number of unbranched alkanes of at least 4 members (excludes halogenated alkanes) is 3. The molecule has 0 aliphatic rings. The lowest BCUT2D eigenvalue weighted by molar-refractivity contribution is 0.281. The number of nitrogens with one attached hydrogen (secondary N) is 1. The molecule has 1 aromatic carbocycles. The molecule has 1 rings (SSSR count). The Labute approximate surface area is 132 Å². The van der Waals surface area contributed by atoms with E-state index in [9.17, 15) is 8.42 Å². The maximum Gasteiger partial charge on any atom is 0.240 e. The molecule has 0 fully saturated rings. The van der Waals surface area contributed by atoms with Gasteiger partial charge in [0.2, 0.25) is 10.0 Å². The Kier molecular flexibility index (Phi) is 8.33. The van der Waals surface area contributed by atoms with Gasteiger partial charge in [-0.15, -0.1) is 0 Å². The molecule has 0 saturated carbocycles. The molecule has 0 amide bonds. The van der Waals surface area contributed by atoms with E-state index in [1.165, 1.54) is 18.2 Å². The molecule has 120 valence electrons. The molecule has 0 saturated heterocycles. The monoisotopic (exact) mass is 331 g/mol. The molecule has 2 N–H and O–H groups in total. The van der Waals surface area contributed by atoms with Gasteiger partial charge in [0.05, 0.1) is 11.5 Å². The summed E-state index contributed by atoms with van der Waals surface area (Å²) in [6.07, 6.45) is 6.31. The van der Waals surface area contributed by atoms with Crippen LogP contribution in [0.2, 0.25) is 0 Å². The lowest BCUT2D eigenvalue weighted by Gasteiger charge is -2.10. The van der Waals surface area contributed by atoms with Crippen LogP contribution < -0.4 is 4.72 Å². The fraction of sp³-hybridized carbons (Fsp3) is 0.600. The van der Waals surface area contributed by atoms with Gasteiger partial charge in [-0.05, 0) is 49.0 Å². The minimum atomic E-state index is -3.49. The van der Waals surface area contributed by atoms with Crippen LogP contribution in [0.5, 0.6) is 0 Å². The topological polar surface area (TPSA) is 66.4 Å². The largest absolute Gasteiger partial charge is 0.392 e. The molecule has 0 bridgehead atoms. The molecule has 0 spiro atoms. The van der Waals surface area contributed by atoms with Crippen molar-refractivity contribution < 1.29 is 13.5 Å². The standard InChI is InChI=1S/C15H25NO3S2/c1-13-7-8-14(12-17)11-15(13)21(18,19)16-9-5-3-4-6-10-20-2/h7-8,11,16-17H,3-6,9-10,12H2,1-2H3. The highest BCUT2D eigenvalue weighted by Crippen LogP contribution is 2.17. The maximum atomic E-state index is 12.3. The van der Waals surface area contributed by atoms with Crippen molar-refractivity contribution in [3.8, 4) is 0 Å². The SMILES string of the molecule is CSCCCCCCNS(=O)(=O)c1cc(CO)ccc1C. The fourth-order valence-electron chi connectivity index (χ4n) is 2.04. The first kappa shape index (κ1) is 18.5. The van der Waals surface area contributed by atoms with Crippen molar-refractivity contribution in [2.45, 2.75) is 44.1 Å². The summed E-state index contributed by atoms with van der Waals surface area (Å²) in [4.78, 5) is 0.261. The number of benzene rings is 1. The molecular weight excluding hydrogens is 306 g/mol. The molecule has 4 nitrogen and oxygen atoms in total. The second-order valence-electron chi connectivity index (χ2n) is 5.06. The van der Waals surface area contributed by atoms with Crippen LogP contribution in [-0.4, -0.2) is 32.1 Å². The Morgan fingerprint density at radius 2 is 1.90 bits per heavy atom. The number of aliphatic hydroxyl groups excluding tert-OH is 1. The van der Waals surface area contributed by atoms with E-state index < -0.39 is 10.0 Å². The van der Waals surface area contributed by atoms with Gasteiger partial charge in [-0.3, -0.25) is 0 Å². The highest BCUT2D eigenvalue weighted by molar-refractivity contribution is 7.98. The zero-order chi connectivity index (χ0) is 15.7. The Bertz CT molecular complexity index is 530. The van der Waals surface area contributed by atoms with E-state index in [4.69, 9.17) is 5.11 Å². The zero-order valence-corrected chi connectivity index (χ0v) is 14.4. The molecular formula is C15H25NO3S2. The molecule has 0 radical (unpaired) electrons. The molecule has 21 heavy (non-hydrogen) atoms. The van der Waals surface area contributed by atoms with Gasteiger partial charge in [-0.1, -0.05) is 25.0 Å². The molecule has 0 aromatic heterocycles. The van der Waals surface area contributed by atoms with Crippen molar-refractivity contribution in [2.24, 2.45) is 0 Å². The summed E-state index contributed by atoms with van der Waals surface area (Å²) in [7, 11) is -3.49. The second-order valence-corrected chi connectivity index (χ2v) is 7.78. The third kappa shape index (κ3) is 6.38. The lowest BCUT2D eigenvalue weighted by Crippen LogP contribution is -2.25. The van der Waals surface area contributed by atoms with Crippen LogP contribution in [0.3, 0.4) is 0 Å². The van der Waals surface area contributed by atoms with Crippen LogP contribution in [-0.2, 0) is 16.6 Å². The van der Waals surface area contributed by atoms with Gasteiger partial charge >= 0.3 is 0 Å². The van der Waals surface area contributed by atoms with Gasteiger partial charge in [-0.25, -0.2) is 13.1 Å². The van der Waals surface area contributed by atoms with E-state index >= 15 is 0 Å². The van der Waals surface area contributed by atoms with Crippen molar-refractivity contribution in [2.75, 3.05) is 18.6 Å². The quantitative estimate of drug-likeness (QED) is 0.647. The summed E-state index contributed by atoms with van der Waals surface area (Å²) in [5, 5.41) is 9.12. The minimum Gasteiger partial charge on any atom is -0.392 e. The van der Waals surface area contributed by atoms with E-state index in [0.29, 0.717) is 17.7 Å². The highest BCUT2D eigenvalue weighted by atomic mass is 32.2. The van der Waals surface area contributed by atoms with Gasteiger partial charge in [0.25, 0.3) is 0 Å². The average Bonchev–Trinajstić information content (AvgIpc) is 2.46. The third-order valence-corrected chi connectivity index (χ3v) is 5.59. The molecule has 0 unspecified atom stereocenters. The molecule has 0 aliphatic carbocycles. The molecule has 0 heterocycles. The molecule has 0 atom stereocenters. The maximum absolute atomic E-state index is 12.3. The summed E-state index contributed by atoms with van der Waals surface area (Å²) in [5.74, 6) is 1.17. The van der Waals surface area contributed by atoms with Crippen molar-refractivity contribution in [1.29, 1.82) is 0 Å². The Balaban J connectivity index is 2.50. The van der Waals surface area contributed by atoms with Crippen LogP contribution in [0.1, 0.15) is 36.8 Å². The first-order valence-corrected chi connectivity index (χ1v) is 10.1. The van der Waals surface area contributed by atoms with Crippen LogP contribution in [0.25, 0.3) is 0 Å². The first-order valence-electron chi connectivity index (χ1n) is 7.20. The third-order valence-electron chi connectivity index (χ3n) is 3.29. The average molecular weight is 332 g/mol. The van der Waals surface area contributed by atoms with E-state index in [2.05, 4.69) is 11.0 Å². The van der Waals surface area contributed by atoms with Crippen molar-refractivity contribution in [3.63, 3.8) is 0 Å². The van der Waals surface area contributed by atoms with E-state index in [0.717, 1.165) is 19.3 Å². The summed E-state index contributed by atoms with van der Waals surface area (Å²) < 4.78 is 27.2. The zero-order valence-electron chi connectivity index (χ0n) is 12.8.